The molecule has 0 atom stereocenters. The fourth-order valence-corrected chi connectivity index (χ4v) is 4.81. The van der Waals surface area contributed by atoms with Gasteiger partial charge in [0.05, 0.1) is 17.1 Å². The molecule has 0 saturated carbocycles. The molecule has 10 heteroatoms. The summed E-state index contributed by atoms with van der Waals surface area (Å²) in [6.07, 6.45) is 5.39. The van der Waals surface area contributed by atoms with E-state index in [1.165, 1.54) is 24.4 Å². The van der Waals surface area contributed by atoms with Crippen LogP contribution in [-0.4, -0.2) is 33.6 Å². The maximum atomic E-state index is 13.8. The second kappa shape index (κ2) is 10.7. The highest BCUT2D eigenvalue weighted by molar-refractivity contribution is 5.96. The maximum absolute atomic E-state index is 13.8. The van der Waals surface area contributed by atoms with Crippen LogP contribution in [0.1, 0.15) is 27.9 Å². The number of nitrogens with one attached hydrogen (secondary N) is 1. The normalized spacial score (nSPS) is 13.6. The fraction of sp³-hybridized carbons (Fsp3) is 0.179. The molecule has 2 aromatic heterocycles. The van der Waals surface area contributed by atoms with Crippen LogP contribution < -0.4 is 5.32 Å². The second-order valence-electron chi connectivity index (χ2n) is 8.95. The van der Waals surface area contributed by atoms with Gasteiger partial charge in [-0.25, -0.2) is 18.6 Å². The van der Waals surface area contributed by atoms with Crippen molar-refractivity contribution in [1.29, 1.82) is 5.26 Å². The summed E-state index contributed by atoms with van der Waals surface area (Å²) in [6, 6.07) is 12.3. The van der Waals surface area contributed by atoms with Crippen molar-refractivity contribution < 1.29 is 29.6 Å². The first-order valence-corrected chi connectivity index (χ1v) is 12.2. The average Bonchev–Trinajstić information content (AvgIpc) is 3.23. The van der Waals surface area contributed by atoms with E-state index in [0.29, 0.717) is 48.3 Å². The van der Waals surface area contributed by atoms with Gasteiger partial charge in [0, 0.05) is 49.9 Å². The van der Waals surface area contributed by atoms with E-state index in [-0.39, 0.29) is 12.6 Å². The van der Waals surface area contributed by atoms with Crippen molar-refractivity contribution in [3.8, 4) is 6.07 Å². The number of fused-ring (bicyclic) bond motifs is 3. The summed E-state index contributed by atoms with van der Waals surface area (Å²) in [5.74, 6) is -2.15. The molecule has 0 fully saturated rings. The molecule has 1 aliphatic heterocycles. The van der Waals surface area contributed by atoms with Crippen molar-refractivity contribution >= 4 is 23.0 Å². The summed E-state index contributed by atoms with van der Waals surface area (Å²) in [5.41, 5.74) is 3.84. The molecule has 0 radical (unpaired) electrons. The highest BCUT2D eigenvalue weighted by Gasteiger charge is 2.26. The van der Waals surface area contributed by atoms with E-state index >= 15 is 0 Å². The monoisotopic (exact) mass is 536 g/mol. The van der Waals surface area contributed by atoms with Crippen molar-refractivity contribution in [2.24, 2.45) is 0 Å². The zero-order valence-electron chi connectivity index (χ0n) is 20.0. The first-order valence-electron chi connectivity index (χ1n) is 11.8. The molecular formula is C28H22ClF3N5O+. The van der Waals surface area contributed by atoms with Gasteiger partial charge in [-0.15, -0.1) is 0 Å². The SMILES string of the molecule is N#Cc1ccc2c3c(n(C(=O)NCc4ccnc(F)c4)c2c1)CCN(C/C=C/c1cc(F)c([ClH+])c(F)c1)C3. The number of hydrogen-bond donors (Lipinski definition) is 1. The Labute approximate surface area is 221 Å². The highest BCUT2D eigenvalue weighted by atomic mass is 35.5. The minimum absolute atomic E-state index is 0.120. The number of halogens is 4. The molecule has 1 amide bonds. The van der Waals surface area contributed by atoms with Crippen molar-refractivity contribution in [3.05, 3.63) is 105 Å². The number of hydrogen-bond acceptors (Lipinski definition) is 4. The number of aromatic nitrogens is 2. The van der Waals surface area contributed by atoms with Crippen LogP contribution in [0.4, 0.5) is 18.0 Å². The van der Waals surface area contributed by atoms with Gasteiger partial charge in [-0.05, 0) is 53.1 Å². The highest BCUT2D eigenvalue weighted by Crippen LogP contribution is 2.31. The summed E-state index contributed by atoms with van der Waals surface area (Å²) in [5, 5.41) is 12.7. The van der Waals surface area contributed by atoms with E-state index < -0.39 is 22.6 Å². The van der Waals surface area contributed by atoms with Crippen molar-refractivity contribution in [1.82, 2.24) is 19.8 Å². The first kappa shape index (κ1) is 25.5. The first-order chi connectivity index (χ1) is 18.3. The molecule has 38 heavy (non-hydrogen) atoms. The Morgan fingerprint density at radius 2 is 1.95 bits per heavy atom. The van der Waals surface area contributed by atoms with Crippen molar-refractivity contribution in [2.45, 2.75) is 19.5 Å². The molecule has 192 valence electrons. The summed E-state index contributed by atoms with van der Waals surface area (Å²) < 4.78 is 42.6. The lowest BCUT2D eigenvalue weighted by atomic mass is 10.0. The molecule has 0 bridgehead atoms. The van der Waals surface area contributed by atoms with Gasteiger partial charge in [0.1, 0.15) is 0 Å². The van der Waals surface area contributed by atoms with Gasteiger partial charge >= 0.3 is 6.03 Å². The molecule has 0 unspecified atom stereocenters. The van der Waals surface area contributed by atoms with Crippen molar-refractivity contribution in [3.63, 3.8) is 0 Å². The molecular weight excluding hydrogens is 515 g/mol. The Morgan fingerprint density at radius 3 is 2.68 bits per heavy atom. The van der Waals surface area contributed by atoms with Crippen LogP contribution in [0.5, 0.6) is 0 Å². The van der Waals surface area contributed by atoms with E-state index in [1.54, 1.807) is 28.8 Å². The van der Waals surface area contributed by atoms with Crippen LogP contribution in [0.2, 0.25) is 5.02 Å². The Hall–Kier alpha value is -4.13. The molecule has 0 spiro atoms. The zero-order chi connectivity index (χ0) is 26.8. The minimum atomic E-state index is -0.765. The smallest absolute Gasteiger partial charge is 0.326 e. The van der Waals surface area contributed by atoms with Gasteiger partial charge in [-0.3, -0.25) is 9.47 Å². The average molecular weight is 537 g/mol. The van der Waals surface area contributed by atoms with Crippen LogP contribution in [-0.2, 0) is 19.5 Å². The van der Waals surface area contributed by atoms with Crippen LogP contribution in [0, 0.1) is 40.5 Å². The van der Waals surface area contributed by atoms with E-state index in [9.17, 15) is 23.2 Å². The standard InChI is InChI=1S/C28H21ClF3N5O/c29-27-22(30)10-17(11-23(27)31)2-1-8-36-9-6-24-21(16-36)20-4-3-18(14-33)12-25(20)37(24)28(38)35-15-19-5-7-34-26(32)13-19/h1-5,7,10-13,29H,6,8-9,15-16H2/p+1/b2-1+. The molecule has 4 aromatic rings. The fourth-order valence-electron chi connectivity index (χ4n) is 4.69. The predicted octanol–water partition coefficient (Wildman–Crippen LogP) is 4.85. The number of nitrogens with zero attached hydrogens (tertiary/aromatic N) is 4. The molecule has 0 saturated heterocycles. The Bertz CT molecular complexity index is 1600. The lowest BCUT2D eigenvalue weighted by Gasteiger charge is -2.27. The van der Waals surface area contributed by atoms with Gasteiger partial charge in [-0.2, -0.15) is 9.65 Å². The molecule has 5 rings (SSSR count). The topological polar surface area (TPSA) is 74.0 Å². The van der Waals surface area contributed by atoms with E-state index in [2.05, 4.69) is 32.9 Å². The maximum Gasteiger partial charge on any atom is 0.326 e. The van der Waals surface area contributed by atoms with Crippen molar-refractivity contribution in [2.75, 3.05) is 13.1 Å². The Kier molecular flexibility index (Phi) is 7.18. The number of pyridine rings is 1. The number of rotatable bonds is 5. The molecule has 0 aliphatic carbocycles. The third-order valence-corrected chi connectivity index (χ3v) is 6.88. The molecule has 2 aromatic carbocycles. The largest absolute Gasteiger partial charge is 0.333 e. The quantitative estimate of drug-likeness (QED) is 0.292. The third-order valence-electron chi connectivity index (χ3n) is 6.49. The Morgan fingerprint density at radius 1 is 1.16 bits per heavy atom. The van der Waals surface area contributed by atoms with Gasteiger partial charge in [0.2, 0.25) is 5.95 Å². The number of carbonyl (C=O) groups excluding carboxylic acids is 1. The van der Waals surface area contributed by atoms with E-state index in [1.807, 2.05) is 12.1 Å². The van der Waals surface area contributed by atoms with Gasteiger partial charge in [-0.1, -0.05) is 18.2 Å². The van der Waals surface area contributed by atoms with Gasteiger partial charge < -0.3 is 5.32 Å². The lowest BCUT2D eigenvalue weighted by Crippen LogP contribution is -2.34. The predicted molar refractivity (Wildman–Crippen MR) is 133 cm³/mol. The number of carbonyl (C=O) groups is 1. The summed E-state index contributed by atoms with van der Waals surface area (Å²) >= 11 is 4.68. The molecule has 1 aliphatic rings. The summed E-state index contributed by atoms with van der Waals surface area (Å²) in [7, 11) is 0. The lowest BCUT2D eigenvalue weighted by molar-refractivity contribution is -0.298. The third kappa shape index (κ3) is 5.14. The summed E-state index contributed by atoms with van der Waals surface area (Å²) in [6.45, 7) is 1.84. The molecule has 6 nitrogen and oxygen atoms in total. The van der Waals surface area contributed by atoms with Crippen LogP contribution >= 0.6 is 0 Å². The van der Waals surface area contributed by atoms with Crippen LogP contribution in [0.3, 0.4) is 0 Å². The van der Waals surface area contributed by atoms with E-state index in [4.69, 9.17) is 0 Å². The van der Waals surface area contributed by atoms with E-state index in [0.717, 1.165) is 16.6 Å². The second-order valence-corrected chi connectivity index (χ2v) is 9.36. The number of nitriles is 1. The van der Waals surface area contributed by atoms with Gasteiger partial charge in [0.15, 0.2) is 23.2 Å². The summed E-state index contributed by atoms with van der Waals surface area (Å²) in [4.78, 5) is 19.0. The Balaban J connectivity index is 1.39. The number of benzene rings is 2. The van der Waals surface area contributed by atoms with Gasteiger partial charge in [0.25, 0.3) is 5.02 Å². The minimum Gasteiger partial charge on any atom is -0.333 e. The zero-order valence-corrected chi connectivity index (χ0v) is 20.9. The molecule has 1 N–H and O–H groups in total. The van der Waals surface area contributed by atoms with Crippen LogP contribution in [0.15, 0.2) is 54.7 Å². The van der Waals surface area contributed by atoms with Crippen LogP contribution in [0.25, 0.3) is 17.0 Å². The number of amides is 1. The molecule has 3 heterocycles.